The zero-order valence-corrected chi connectivity index (χ0v) is 9.11. The molecule has 15 heavy (non-hydrogen) atoms. The van der Waals surface area contributed by atoms with Crippen LogP contribution in [0.15, 0.2) is 18.5 Å². The Bertz CT molecular complexity index is 341. The predicted molar refractivity (Wildman–Crippen MR) is 63.5 cm³/mol. The van der Waals surface area contributed by atoms with Crippen LogP contribution in [0.2, 0.25) is 0 Å². The van der Waals surface area contributed by atoms with Gasteiger partial charge in [-0.3, -0.25) is 4.98 Å². The third-order valence-corrected chi connectivity index (χ3v) is 2.21. The molecule has 0 radical (unpaired) electrons. The molecule has 3 heteroatoms. The molecule has 0 aliphatic carbocycles. The molecular formula is C12H17N3. The van der Waals surface area contributed by atoms with E-state index in [1.54, 1.807) is 12.4 Å². The third-order valence-electron chi connectivity index (χ3n) is 2.21. The molecular weight excluding hydrogens is 186 g/mol. The molecule has 0 spiro atoms. The van der Waals surface area contributed by atoms with Crippen molar-refractivity contribution in [3.8, 4) is 12.3 Å². The molecule has 1 aromatic heterocycles. The molecule has 0 aromatic carbocycles. The van der Waals surface area contributed by atoms with E-state index in [0.29, 0.717) is 13.1 Å². The fraction of sp³-hybridized carbons (Fsp3) is 0.417. The van der Waals surface area contributed by atoms with E-state index in [1.807, 2.05) is 6.07 Å². The summed E-state index contributed by atoms with van der Waals surface area (Å²) in [7, 11) is 0. The van der Waals surface area contributed by atoms with Crippen LogP contribution in [0.4, 0.5) is 5.69 Å². The van der Waals surface area contributed by atoms with Gasteiger partial charge in [-0.1, -0.05) is 12.8 Å². The summed E-state index contributed by atoms with van der Waals surface area (Å²) in [6.07, 6.45) is 9.99. The number of nitrogens with two attached hydrogens (primary N) is 1. The Kier molecular flexibility index (Phi) is 4.65. The second kappa shape index (κ2) is 6.05. The molecule has 3 nitrogen and oxygen atoms in total. The van der Waals surface area contributed by atoms with Crippen molar-refractivity contribution in [1.29, 1.82) is 0 Å². The van der Waals surface area contributed by atoms with Crippen LogP contribution in [-0.2, 0) is 6.54 Å². The SMILES string of the molecule is C#CCN(CCC)c1ccncc1CN. The molecule has 0 aliphatic rings. The molecule has 0 amide bonds. The minimum atomic E-state index is 0.494. The maximum Gasteiger partial charge on any atom is 0.0791 e. The summed E-state index contributed by atoms with van der Waals surface area (Å²) in [6, 6.07) is 1.97. The van der Waals surface area contributed by atoms with Gasteiger partial charge in [0.2, 0.25) is 0 Å². The number of terminal acetylenes is 1. The first kappa shape index (κ1) is 11.5. The van der Waals surface area contributed by atoms with Gasteiger partial charge in [0, 0.05) is 36.7 Å². The van der Waals surface area contributed by atoms with Gasteiger partial charge in [0.1, 0.15) is 0 Å². The molecule has 0 saturated heterocycles. The highest BCUT2D eigenvalue weighted by atomic mass is 15.1. The second-order valence-electron chi connectivity index (χ2n) is 3.33. The van der Waals surface area contributed by atoms with Crippen molar-refractivity contribution >= 4 is 5.69 Å². The van der Waals surface area contributed by atoms with Crippen molar-refractivity contribution in [1.82, 2.24) is 4.98 Å². The van der Waals surface area contributed by atoms with E-state index < -0.39 is 0 Å². The van der Waals surface area contributed by atoms with Gasteiger partial charge in [-0.2, -0.15) is 0 Å². The summed E-state index contributed by atoms with van der Waals surface area (Å²) in [6.45, 7) is 4.19. The highest BCUT2D eigenvalue weighted by Crippen LogP contribution is 2.18. The number of rotatable bonds is 5. The van der Waals surface area contributed by atoms with E-state index in [4.69, 9.17) is 12.2 Å². The highest BCUT2D eigenvalue weighted by Gasteiger charge is 2.07. The summed E-state index contributed by atoms with van der Waals surface area (Å²) >= 11 is 0. The number of anilines is 1. The van der Waals surface area contributed by atoms with Gasteiger partial charge in [-0.15, -0.1) is 6.42 Å². The maximum atomic E-state index is 5.66. The van der Waals surface area contributed by atoms with Crippen LogP contribution < -0.4 is 10.6 Å². The van der Waals surface area contributed by atoms with Crippen molar-refractivity contribution in [3.05, 3.63) is 24.0 Å². The van der Waals surface area contributed by atoms with Gasteiger partial charge in [-0.25, -0.2) is 0 Å². The van der Waals surface area contributed by atoms with Crippen LogP contribution in [0, 0.1) is 12.3 Å². The van der Waals surface area contributed by atoms with Crippen molar-refractivity contribution in [2.75, 3.05) is 18.0 Å². The fourth-order valence-corrected chi connectivity index (χ4v) is 1.55. The summed E-state index contributed by atoms with van der Waals surface area (Å²) in [5.74, 6) is 2.67. The lowest BCUT2D eigenvalue weighted by Crippen LogP contribution is -2.26. The Labute approximate surface area is 91.3 Å². The Morgan fingerprint density at radius 1 is 1.60 bits per heavy atom. The Morgan fingerprint density at radius 3 is 3.00 bits per heavy atom. The van der Waals surface area contributed by atoms with Gasteiger partial charge in [0.25, 0.3) is 0 Å². The van der Waals surface area contributed by atoms with Crippen LogP contribution >= 0.6 is 0 Å². The lowest BCUT2D eigenvalue weighted by Gasteiger charge is -2.23. The van der Waals surface area contributed by atoms with E-state index in [1.165, 1.54) is 0 Å². The van der Waals surface area contributed by atoms with Crippen molar-refractivity contribution in [3.63, 3.8) is 0 Å². The number of hydrogen-bond donors (Lipinski definition) is 1. The zero-order valence-electron chi connectivity index (χ0n) is 9.11. The molecule has 0 unspecified atom stereocenters. The Morgan fingerprint density at radius 2 is 2.40 bits per heavy atom. The normalized spacial score (nSPS) is 9.67. The van der Waals surface area contributed by atoms with E-state index in [-0.39, 0.29) is 0 Å². The molecule has 0 aliphatic heterocycles. The standard InChI is InChI=1S/C12H17N3/c1-3-7-15(8-4-2)12-5-6-14-10-11(12)9-13/h1,5-6,10H,4,7-9,13H2,2H3. The summed E-state index contributed by atoms with van der Waals surface area (Å²) in [5.41, 5.74) is 7.81. The smallest absolute Gasteiger partial charge is 0.0791 e. The first-order valence-corrected chi connectivity index (χ1v) is 5.14. The minimum absolute atomic E-state index is 0.494. The molecule has 1 heterocycles. The lowest BCUT2D eigenvalue weighted by atomic mass is 10.2. The van der Waals surface area contributed by atoms with Gasteiger partial charge in [0.15, 0.2) is 0 Å². The number of aromatic nitrogens is 1. The van der Waals surface area contributed by atoms with Gasteiger partial charge < -0.3 is 10.6 Å². The van der Waals surface area contributed by atoms with Crippen LogP contribution in [0.3, 0.4) is 0 Å². The van der Waals surface area contributed by atoms with Crippen molar-refractivity contribution in [2.24, 2.45) is 5.73 Å². The molecule has 0 saturated carbocycles. The van der Waals surface area contributed by atoms with Crippen molar-refractivity contribution in [2.45, 2.75) is 19.9 Å². The predicted octanol–water partition coefficient (Wildman–Crippen LogP) is 1.39. The average Bonchev–Trinajstić information content (AvgIpc) is 2.29. The van der Waals surface area contributed by atoms with Crippen molar-refractivity contribution < 1.29 is 0 Å². The van der Waals surface area contributed by atoms with Gasteiger partial charge in [-0.05, 0) is 12.5 Å². The average molecular weight is 203 g/mol. The number of nitrogens with zero attached hydrogens (tertiary/aromatic N) is 2. The van der Waals surface area contributed by atoms with Crippen LogP contribution in [0.5, 0.6) is 0 Å². The number of pyridine rings is 1. The molecule has 0 atom stereocenters. The molecule has 0 fully saturated rings. The molecule has 80 valence electrons. The number of hydrogen-bond acceptors (Lipinski definition) is 3. The van der Waals surface area contributed by atoms with E-state index >= 15 is 0 Å². The lowest BCUT2D eigenvalue weighted by molar-refractivity contribution is 0.813. The minimum Gasteiger partial charge on any atom is -0.360 e. The quantitative estimate of drug-likeness (QED) is 0.735. The molecule has 1 aromatic rings. The first-order chi connectivity index (χ1) is 7.33. The molecule has 1 rings (SSSR count). The highest BCUT2D eigenvalue weighted by molar-refractivity contribution is 5.53. The monoisotopic (exact) mass is 203 g/mol. The Hall–Kier alpha value is -1.53. The van der Waals surface area contributed by atoms with E-state index in [9.17, 15) is 0 Å². The van der Waals surface area contributed by atoms with E-state index in [2.05, 4.69) is 22.7 Å². The van der Waals surface area contributed by atoms with Crippen LogP contribution in [0.1, 0.15) is 18.9 Å². The summed E-state index contributed by atoms with van der Waals surface area (Å²) < 4.78 is 0. The Balaban J connectivity index is 2.94. The van der Waals surface area contributed by atoms with Crippen LogP contribution in [-0.4, -0.2) is 18.1 Å². The summed E-state index contributed by atoms with van der Waals surface area (Å²) in [4.78, 5) is 6.22. The van der Waals surface area contributed by atoms with Gasteiger partial charge >= 0.3 is 0 Å². The maximum absolute atomic E-state index is 5.66. The van der Waals surface area contributed by atoms with Gasteiger partial charge in [0.05, 0.1) is 6.54 Å². The first-order valence-electron chi connectivity index (χ1n) is 5.14. The second-order valence-corrected chi connectivity index (χ2v) is 3.33. The molecule has 2 N–H and O–H groups in total. The fourth-order valence-electron chi connectivity index (χ4n) is 1.55. The zero-order chi connectivity index (χ0) is 11.1. The third kappa shape index (κ3) is 2.97. The van der Waals surface area contributed by atoms with Crippen LogP contribution in [0.25, 0.3) is 0 Å². The summed E-state index contributed by atoms with van der Waals surface area (Å²) in [5, 5.41) is 0. The topological polar surface area (TPSA) is 42.2 Å². The van der Waals surface area contributed by atoms with E-state index in [0.717, 1.165) is 24.2 Å². The molecule has 0 bridgehead atoms. The largest absolute Gasteiger partial charge is 0.360 e.